The van der Waals surface area contributed by atoms with Crippen LogP contribution in [0.25, 0.3) is 65.4 Å². The summed E-state index contributed by atoms with van der Waals surface area (Å²) in [7, 11) is 3.37. The van der Waals surface area contributed by atoms with Gasteiger partial charge in [-0.1, -0.05) is 26.0 Å². The smallest absolute Gasteiger partial charge is 0.136 e. The zero-order valence-corrected chi connectivity index (χ0v) is 19.6. The summed E-state index contributed by atoms with van der Waals surface area (Å²) in [6.07, 6.45) is 0. The van der Waals surface area contributed by atoms with E-state index in [9.17, 15) is 0 Å². The summed E-state index contributed by atoms with van der Waals surface area (Å²) in [4.78, 5) is 0. The van der Waals surface area contributed by atoms with E-state index in [1.54, 1.807) is 14.2 Å². The van der Waals surface area contributed by atoms with Crippen LogP contribution in [-0.2, 0) is 0 Å². The zero-order valence-electron chi connectivity index (χ0n) is 19.6. The van der Waals surface area contributed by atoms with Crippen LogP contribution < -0.4 is 9.47 Å². The molecule has 2 aromatic heterocycles. The molecule has 2 heterocycles. The van der Waals surface area contributed by atoms with Crippen molar-refractivity contribution in [2.45, 2.75) is 13.8 Å². The molecule has 0 amide bonds. The van der Waals surface area contributed by atoms with Crippen LogP contribution in [0.4, 0.5) is 0 Å². The SMILES string of the molecule is CC.COc1ccc2cc3oc4cc5c(cc4c3cc2c1)oc1cc2ccc(OC)cc2cc15. The van der Waals surface area contributed by atoms with Gasteiger partial charge in [-0.25, -0.2) is 0 Å². The lowest BCUT2D eigenvalue weighted by Gasteiger charge is -2.02. The van der Waals surface area contributed by atoms with Crippen LogP contribution in [-0.4, -0.2) is 14.2 Å². The summed E-state index contributed by atoms with van der Waals surface area (Å²) in [5, 5.41) is 8.69. The highest BCUT2D eigenvalue weighted by atomic mass is 16.5. The van der Waals surface area contributed by atoms with Gasteiger partial charge in [0, 0.05) is 21.5 Å². The summed E-state index contributed by atoms with van der Waals surface area (Å²) in [6, 6.07) is 24.8. The van der Waals surface area contributed by atoms with Crippen molar-refractivity contribution in [3.63, 3.8) is 0 Å². The summed E-state index contributed by atoms with van der Waals surface area (Å²) >= 11 is 0. The van der Waals surface area contributed by atoms with Gasteiger partial charge in [0.1, 0.15) is 33.8 Å². The molecule has 0 unspecified atom stereocenters. The highest BCUT2D eigenvalue weighted by molar-refractivity contribution is 6.18. The molecule has 4 heteroatoms. The first kappa shape index (κ1) is 20.4. The van der Waals surface area contributed by atoms with Crippen LogP contribution in [0.15, 0.2) is 81.6 Å². The molecule has 0 spiro atoms. The Balaban J connectivity index is 0.00000106. The number of fused-ring (bicyclic) bond motifs is 8. The quantitative estimate of drug-likeness (QED) is 0.265. The maximum Gasteiger partial charge on any atom is 0.136 e. The van der Waals surface area contributed by atoms with E-state index < -0.39 is 0 Å². The second-order valence-electron chi connectivity index (χ2n) is 8.17. The number of benzene rings is 5. The number of hydrogen-bond donors (Lipinski definition) is 0. The van der Waals surface area contributed by atoms with Crippen molar-refractivity contribution in [1.29, 1.82) is 0 Å². The maximum absolute atomic E-state index is 6.27. The summed E-state index contributed by atoms with van der Waals surface area (Å²) in [5.74, 6) is 1.68. The van der Waals surface area contributed by atoms with Gasteiger partial charge in [-0.3, -0.25) is 0 Å². The highest BCUT2D eigenvalue weighted by Crippen LogP contribution is 2.39. The molecule has 0 aliphatic carbocycles. The highest BCUT2D eigenvalue weighted by Gasteiger charge is 2.15. The Labute approximate surface area is 196 Å². The first-order valence-corrected chi connectivity index (χ1v) is 11.5. The Morgan fingerprint density at radius 1 is 0.441 bits per heavy atom. The van der Waals surface area contributed by atoms with Crippen molar-refractivity contribution in [2.24, 2.45) is 0 Å². The molecule has 0 radical (unpaired) electrons. The van der Waals surface area contributed by atoms with Gasteiger partial charge in [0.15, 0.2) is 0 Å². The fourth-order valence-corrected chi connectivity index (χ4v) is 4.74. The van der Waals surface area contributed by atoms with Crippen molar-refractivity contribution in [2.75, 3.05) is 14.2 Å². The minimum atomic E-state index is 0.841. The molecule has 0 saturated carbocycles. The van der Waals surface area contributed by atoms with Crippen LogP contribution in [0, 0.1) is 0 Å². The van der Waals surface area contributed by atoms with Gasteiger partial charge in [-0.15, -0.1) is 0 Å². The molecule has 0 atom stereocenters. The van der Waals surface area contributed by atoms with E-state index in [0.717, 1.165) is 76.9 Å². The average molecular weight is 449 g/mol. The van der Waals surface area contributed by atoms with Crippen molar-refractivity contribution < 1.29 is 18.3 Å². The van der Waals surface area contributed by atoms with Gasteiger partial charge in [-0.05, 0) is 82.2 Å². The van der Waals surface area contributed by atoms with Gasteiger partial charge in [-0.2, -0.15) is 0 Å². The van der Waals surface area contributed by atoms with Crippen molar-refractivity contribution >= 4 is 65.4 Å². The first-order chi connectivity index (χ1) is 16.7. The molecule has 7 rings (SSSR count). The zero-order chi connectivity index (χ0) is 23.4. The molecule has 4 nitrogen and oxygen atoms in total. The largest absolute Gasteiger partial charge is 0.497 e. The third kappa shape index (κ3) is 2.99. The molecule has 0 aliphatic heterocycles. The van der Waals surface area contributed by atoms with E-state index in [1.165, 1.54) is 0 Å². The average Bonchev–Trinajstić information content (AvgIpc) is 3.41. The molecule has 5 aromatic carbocycles. The van der Waals surface area contributed by atoms with E-state index in [0.29, 0.717) is 0 Å². The van der Waals surface area contributed by atoms with Crippen LogP contribution >= 0.6 is 0 Å². The van der Waals surface area contributed by atoms with Gasteiger partial charge in [0.05, 0.1) is 14.2 Å². The molecule has 0 fully saturated rings. The number of hydrogen-bond acceptors (Lipinski definition) is 4. The van der Waals surface area contributed by atoms with Gasteiger partial charge in [0.2, 0.25) is 0 Å². The molecule has 0 saturated heterocycles. The second-order valence-corrected chi connectivity index (χ2v) is 8.17. The third-order valence-electron chi connectivity index (χ3n) is 6.39. The third-order valence-corrected chi connectivity index (χ3v) is 6.39. The molecular formula is C30H24O4. The molecule has 0 N–H and O–H groups in total. The Bertz CT molecular complexity index is 1720. The van der Waals surface area contributed by atoms with Crippen molar-refractivity contribution in [3.8, 4) is 11.5 Å². The minimum absolute atomic E-state index is 0.841. The standard InChI is InChI=1S/C28H18O4.C2H6/c1-29-19-5-3-15-11-25-21(9-17(15)7-19)23-13-28-24(14-27(23)31-25)22-10-18-8-20(30-2)6-4-16(18)12-26(22)32-28;1-2/h3-14H,1-2H3;1-2H3. The van der Waals surface area contributed by atoms with Crippen LogP contribution in [0.1, 0.15) is 13.8 Å². The van der Waals surface area contributed by atoms with Crippen LogP contribution in [0.3, 0.4) is 0 Å². The van der Waals surface area contributed by atoms with E-state index in [-0.39, 0.29) is 0 Å². The van der Waals surface area contributed by atoms with E-state index in [2.05, 4.69) is 48.5 Å². The second kappa shape index (κ2) is 7.70. The van der Waals surface area contributed by atoms with E-state index in [4.69, 9.17) is 18.3 Å². The molecule has 0 aliphatic rings. The molecule has 7 aromatic rings. The molecule has 0 bridgehead atoms. The minimum Gasteiger partial charge on any atom is -0.497 e. The maximum atomic E-state index is 6.27. The predicted molar refractivity (Wildman–Crippen MR) is 140 cm³/mol. The predicted octanol–water partition coefficient (Wildman–Crippen LogP) is 8.84. The lowest BCUT2D eigenvalue weighted by atomic mass is 10.0. The lowest BCUT2D eigenvalue weighted by molar-refractivity contribution is 0.415. The molecule has 34 heavy (non-hydrogen) atoms. The monoisotopic (exact) mass is 448 g/mol. The first-order valence-electron chi connectivity index (χ1n) is 11.5. The lowest BCUT2D eigenvalue weighted by Crippen LogP contribution is -1.82. The topological polar surface area (TPSA) is 44.7 Å². The summed E-state index contributed by atoms with van der Waals surface area (Å²) < 4.78 is 23.3. The summed E-state index contributed by atoms with van der Waals surface area (Å²) in [5.41, 5.74) is 3.43. The normalized spacial score (nSPS) is 11.5. The molecule has 168 valence electrons. The number of furan rings is 2. The fraction of sp³-hybridized carbons (Fsp3) is 0.133. The Morgan fingerprint density at radius 2 is 0.824 bits per heavy atom. The molecular weight excluding hydrogens is 424 g/mol. The van der Waals surface area contributed by atoms with E-state index >= 15 is 0 Å². The number of methoxy groups -OCH3 is 2. The Kier molecular flexibility index (Phi) is 4.63. The Morgan fingerprint density at radius 3 is 1.24 bits per heavy atom. The Hall–Kier alpha value is -4.18. The fourth-order valence-electron chi connectivity index (χ4n) is 4.74. The van der Waals surface area contributed by atoms with Gasteiger partial charge >= 0.3 is 0 Å². The number of ether oxygens (including phenoxy) is 2. The van der Waals surface area contributed by atoms with Crippen molar-refractivity contribution in [1.82, 2.24) is 0 Å². The number of rotatable bonds is 2. The van der Waals surface area contributed by atoms with Crippen LogP contribution in [0.2, 0.25) is 0 Å². The van der Waals surface area contributed by atoms with E-state index in [1.807, 2.05) is 38.1 Å². The van der Waals surface area contributed by atoms with Crippen LogP contribution in [0.5, 0.6) is 11.5 Å². The van der Waals surface area contributed by atoms with Gasteiger partial charge in [0.25, 0.3) is 0 Å². The van der Waals surface area contributed by atoms with Crippen molar-refractivity contribution in [3.05, 3.63) is 72.8 Å². The summed E-state index contributed by atoms with van der Waals surface area (Å²) in [6.45, 7) is 4.00. The van der Waals surface area contributed by atoms with Gasteiger partial charge < -0.3 is 18.3 Å².